The maximum atomic E-state index is 12.3. The third-order valence-electron chi connectivity index (χ3n) is 1.43. The SMILES string of the molecule is FC(F)=C(F)C1(F)CC1(F)F. The van der Waals surface area contributed by atoms with Gasteiger partial charge in [-0.3, -0.25) is 0 Å². The van der Waals surface area contributed by atoms with Crippen molar-refractivity contribution < 1.29 is 26.3 Å². The molecular weight excluding hydrogens is 174 g/mol. The minimum Gasteiger partial charge on any atom is -0.229 e. The van der Waals surface area contributed by atoms with Crippen molar-refractivity contribution in [2.24, 2.45) is 0 Å². The molecule has 0 aromatic heterocycles. The van der Waals surface area contributed by atoms with Crippen molar-refractivity contribution in [1.82, 2.24) is 0 Å². The molecule has 1 saturated carbocycles. The maximum Gasteiger partial charge on any atom is 0.305 e. The molecule has 0 radical (unpaired) electrons. The van der Waals surface area contributed by atoms with Crippen molar-refractivity contribution in [3.63, 3.8) is 0 Å². The molecule has 0 bridgehead atoms. The van der Waals surface area contributed by atoms with Crippen LogP contribution < -0.4 is 0 Å². The van der Waals surface area contributed by atoms with E-state index in [9.17, 15) is 26.3 Å². The molecular formula is C5H2F6. The molecule has 1 rings (SSSR count). The summed E-state index contributed by atoms with van der Waals surface area (Å²) >= 11 is 0. The first-order valence-electron chi connectivity index (χ1n) is 2.59. The van der Waals surface area contributed by atoms with Crippen molar-refractivity contribution in [3.05, 3.63) is 11.9 Å². The molecule has 1 fully saturated rings. The highest BCUT2D eigenvalue weighted by molar-refractivity contribution is 5.29. The molecule has 0 aromatic carbocycles. The molecule has 6 heteroatoms. The molecule has 0 saturated heterocycles. The van der Waals surface area contributed by atoms with Crippen LogP contribution >= 0.6 is 0 Å². The number of hydrogen-bond donors (Lipinski definition) is 0. The quantitative estimate of drug-likeness (QED) is 0.539. The molecule has 0 nitrogen and oxygen atoms in total. The molecule has 1 aliphatic rings. The lowest BCUT2D eigenvalue weighted by molar-refractivity contribution is 0.0462. The van der Waals surface area contributed by atoms with Gasteiger partial charge in [0.2, 0.25) is 11.5 Å². The molecule has 0 amide bonds. The molecule has 0 aromatic rings. The van der Waals surface area contributed by atoms with Crippen LogP contribution in [0.25, 0.3) is 0 Å². The topological polar surface area (TPSA) is 0 Å². The van der Waals surface area contributed by atoms with Crippen LogP contribution in [0.2, 0.25) is 0 Å². The lowest BCUT2D eigenvalue weighted by Crippen LogP contribution is -2.13. The number of hydrogen-bond acceptors (Lipinski definition) is 0. The van der Waals surface area contributed by atoms with Crippen molar-refractivity contribution in [1.29, 1.82) is 0 Å². The summed E-state index contributed by atoms with van der Waals surface area (Å²) in [5.41, 5.74) is -3.74. The van der Waals surface area contributed by atoms with Crippen molar-refractivity contribution >= 4 is 0 Å². The van der Waals surface area contributed by atoms with Gasteiger partial charge in [-0.15, -0.1) is 0 Å². The first-order chi connectivity index (χ1) is 4.81. The molecule has 0 N–H and O–H groups in total. The fourth-order valence-corrected chi connectivity index (χ4v) is 0.650. The first-order valence-corrected chi connectivity index (χ1v) is 2.59. The Morgan fingerprint density at radius 3 is 1.45 bits per heavy atom. The summed E-state index contributed by atoms with van der Waals surface area (Å²) in [5, 5.41) is 0. The standard InChI is InChI=1S/C5H2F6/c6-2(3(7)8)4(9)1-5(4,10)11/h1H2. The zero-order valence-corrected chi connectivity index (χ0v) is 4.97. The van der Waals surface area contributed by atoms with Crippen LogP contribution in [0.4, 0.5) is 26.3 Å². The van der Waals surface area contributed by atoms with Gasteiger partial charge in [-0.2, -0.15) is 8.78 Å². The summed E-state index contributed by atoms with van der Waals surface area (Å²) in [7, 11) is 0. The number of rotatable bonds is 1. The van der Waals surface area contributed by atoms with Gasteiger partial charge >= 0.3 is 6.08 Å². The molecule has 1 atom stereocenters. The maximum absolute atomic E-state index is 12.3. The van der Waals surface area contributed by atoms with Crippen molar-refractivity contribution in [2.45, 2.75) is 18.0 Å². The fourth-order valence-electron chi connectivity index (χ4n) is 0.650. The summed E-state index contributed by atoms with van der Waals surface area (Å²) in [5.74, 6) is -6.62. The Morgan fingerprint density at radius 2 is 1.36 bits per heavy atom. The van der Waals surface area contributed by atoms with Gasteiger partial charge in [-0.05, 0) is 0 Å². The third-order valence-corrected chi connectivity index (χ3v) is 1.43. The Hall–Kier alpha value is -0.680. The second-order valence-corrected chi connectivity index (χ2v) is 2.26. The monoisotopic (exact) mass is 176 g/mol. The van der Waals surface area contributed by atoms with E-state index in [1.54, 1.807) is 0 Å². The van der Waals surface area contributed by atoms with Gasteiger partial charge in [0.1, 0.15) is 0 Å². The highest BCUT2D eigenvalue weighted by Crippen LogP contribution is 2.60. The van der Waals surface area contributed by atoms with Gasteiger partial charge in [-0.25, -0.2) is 17.6 Å². The van der Waals surface area contributed by atoms with Gasteiger partial charge in [0.05, 0.1) is 6.42 Å². The Morgan fingerprint density at radius 1 is 1.00 bits per heavy atom. The number of allylic oxidation sites excluding steroid dienone is 1. The van der Waals surface area contributed by atoms with E-state index in [2.05, 4.69) is 0 Å². The third kappa shape index (κ3) is 1.00. The molecule has 1 unspecified atom stereocenters. The summed E-state index contributed by atoms with van der Waals surface area (Å²) in [6.07, 6.45) is -4.52. The van der Waals surface area contributed by atoms with Crippen LogP contribution in [0.1, 0.15) is 6.42 Å². The molecule has 0 spiro atoms. The predicted octanol–water partition coefficient (Wildman–Crippen LogP) is 2.81. The minimum absolute atomic E-state index is 1.50. The van der Waals surface area contributed by atoms with E-state index in [-0.39, 0.29) is 0 Å². The molecule has 0 aliphatic heterocycles. The van der Waals surface area contributed by atoms with E-state index in [0.717, 1.165) is 0 Å². The first kappa shape index (κ1) is 8.42. The van der Waals surface area contributed by atoms with Crippen molar-refractivity contribution in [3.8, 4) is 0 Å². The molecule has 1 aliphatic carbocycles. The normalized spacial score (nSPS) is 33.3. The lowest BCUT2D eigenvalue weighted by atomic mass is 10.3. The van der Waals surface area contributed by atoms with E-state index in [1.807, 2.05) is 0 Å². The van der Waals surface area contributed by atoms with E-state index >= 15 is 0 Å². The number of halogens is 6. The predicted molar refractivity (Wildman–Crippen MR) is 23.8 cm³/mol. The van der Waals surface area contributed by atoms with Crippen LogP contribution in [0, 0.1) is 0 Å². The molecule has 11 heavy (non-hydrogen) atoms. The number of alkyl halides is 3. The highest BCUT2D eigenvalue weighted by Gasteiger charge is 2.77. The van der Waals surface area contributed by atoms with Crippen LogP contribution in [-0.4, -0.2) is 11.6 Å². The van der Waals surface area contributed by atoms with Gasteiger partial charge in [0.25, 0.3) is 5.92 Å². The Balaban J connectivity index is 2.89. The van der Waals surface area contributed by atoms with Gasteiger partial charge in [0.15, 0.2) is 0 Å². The van der Waals surface area contributed by atoms with Crippen LogP contribution in [-0.2, 0) is 0 Å². The van der Waals surface area contributed by atoms with Gasteiger partial charge in [0, 0.05) is 0 Å². The average Bonchev–Trinajstić information content (AvgIpc) is 2.32. The van der Waals surface area contributed by atoms with Crippen molar-refractivity contribution in [2.75, 3.05) is 0 Å². The van der Waals surface area contributed by atoms with E-state index in [4.69, 9.17) is 0 Å². The second kappa shape index (κ2) is 1.92. The zero-order valence-electron chi connectivity index (χ0n) is 4.97. The van der Waals surface area contributed by atoms with Gasteiger partial charge < -0.3 is 0 Å². The van der Waals surface area contributed by atoms with Crippen LogP contribution in [0.3, 0.4) is 0 Å². The Labute approximate surface area is 57.5 Å². The Bertz CT molecular complexity index is 215. The van der Waals surface area contributed by atoms with E-state index in [0.29, 0.717) is 0 Å². The van der Waals surface area contributed by atoms with Crippen LogP contribution in [0.15, 0.2) is 11.9 Å². The fraction of sp³-hybridized carbons (Fsp3) is 0.600. The summed E-state index contributed by atoms with van der Waals surface area (Å²) < 4.78 is 70.2. The smallest absolute Gasteiger partial charge is 0.229 e. The summed E-state index contributed by atoms with van der Waals surface area (Å²) in [4.78, 5) is 0. The largest absolute Gasteiger partial charge is 0.305 e. The summed E-state index contributed by atoms with van der Waals surface area (Å²) in [6, 6.07) is 0. The van der Waals surface area contributed by atoms with Gasteiger partial charge in [-0.1, -0.05) is 0 Å². The molecule has 0 heterocycles. The average molecular weight is 176 g/mol. The van der Waals surface area contributed by atoms with E-state index < -0.39 is 29.9 Å². The second-order valence-electron chi connectivity index (χ2n) is 2.26. The Kier molecular flexibility index (Phi) is 1.47. The minimum atomic E-state index is -3.97. The highest BCUT2D eigenvalue weighted by atomic mass is 19.3. The summed E-state index contributed by atoms with van der Waals surface area (Å²) in [6.45, 7) is 0. The lowest BCUT2D eigenvalue weighted by Gasteiger charge is -2.00. The van der Waals surface area contributed by atoms with E-state index in [1.165, 1.54) is 0 Å². The zero-order chi connectivity index (χ0) is 8.86. The van der Waals surface area contributed by atoms with Crippen LogP contribution in [0.5, 0.6) is 0 Å². The molecule has 64 valence electrons.